The van der Waals surface area contributed by atoms with Gasteiger partial charge in [0, 0.05) is 11.6 Å². The average molecular weight is 189 g/mol. The van der Waals surface area contributed by atoms with E-state index in [-0.39, 0.29) is 5.54 Å². The Bertz CT molecular complexity index is 328. The maximum absolute atomic E-state index is 4.96. The third-order valence-electron chi connectivity index (χ3n) is 4.88. The molecule has 0 saturated heterocycles. The van der Waals surface area contributed by atoms with Gasteiger partial charge in [-0.1, -0.05) is 12.2 Å². The van der Waals surface area contributed by atoms with Crippen LogP contribution in [0.15, 0.2) is 17.1 Å². The topological polar surface area (TPSA) is 12.4 Å². The number of fused-ring (bicyclic) bond motifs is 2. The molecule has 0 spiro atoms. The molecule has 2 fully saturated rings. The fourth-order valence-electron chi connectivity index (χ4n) is 3.86. The summed E-state index contributed by atoms with van der Waals surface area (Å²) in [7, 11) is 0. The molecule has 2 aliphatic carbocycles. The summed E-state index contributed by atoms with van der Waals surface area (Å²) in [6.07, 6.45) is 5.31. The number of allylic oxidation sites excluding steroid dienone is 1. The minimum absolute atomic E-state index is 0.289. The van der Waals surface area contributed by atoms with Crippen LogP contribution in [0.25, 0.3) is 0 Å². The molecule has 14 heavy (non-hydrogen) atoms. The van der Waals surface area contributed by atoms with Crippen LogP contribution in [0.5, 0.6) is 0 Å². The first-order chi connectivity index (χ1) is 6.60. The van der Waals surface area contributed by atoms with E-state index in [1.807, 2.05) is 0 Å². The van der Waals surface area contributed by atoms with Crippen molar-refractivity contribution in [3.63, 3.8) is 0 Å². The largest absolute Gasteiger partial charge is 0.287 e. The summed E-state index contributed by atoms with van der Waals surface area (Å²) in [6, 6.07) is 0. The van der Waals surface area contributed by atoms with Gasteiger partial charge in [0.1, 0.15) is 0 Å². The second kappa shape index (κ2) is 2.50. The minimum atomic E-state index is 0.289. The maximum Gasteiger partial charge on any atom is 0.0608 e. The van der Waals surface area contributed by atoms with Crippen LogP contribution in [0, 0.1) is 17.8 Å². The standard InChI is InChI=1S/C13H19N/c1-8-10-4-5-13(3)11(6-10)7-12(8)9(2)14-13/h10-12H,1,4-7H2,2-3H3. The second-order valence-electron chi connectivity index (χ2n) is 5.64. The number of rotatable bonds is 0. The molecular weight excluding hydrogens is 170 g/mol. The predicted octanol–water partition coefficient (Wildman–Crippen LogP) is 3.21. The van der Waals surface area contributed by atoms with Gasteiger partial charge in [0.15, 0.2) is 0 Å². The van der Waals surface area contributed by atoms with E-state index in [1.54, 1.807) is 0 Å². The zero-order valence-corrected chi connectivity index (χ0v) is 9.21. The molecule has 0 aromatic heterocycles. The van der Waals surface area contributed by atoms with E-state index in [9.17, 15) is 0 Å². The molecular formula is C13H19N. The van der Waals surface area contributed by atoms with Crippen molar-refractivity contribution in [2.75, 3.05) is 0 Å². The van der Waals surface area contributed by atoms with Gasteiger partial charge in [-0.15, -0.1) is 0 Å². The Hall–Kier alpha value is -0.590. The van der Waals surface area contributed by atoms with Gasteiger partial charge in [0.25, 0.3) is 0 Å². The fraction of sp³-hybridized carbons (Fsp3) is 0.769. The molecule has 1 nitrogen and oxygen atoms in total. The summed E-state index contributed by atoms with van der Waals surface area (Å²) < 4.78 is 0. The summed E-state index contributed by atoms with van der Waals surface area (Å²) >= 11 is 0. The molecule has 0 amide bonds. The number of aliphatic imine (C=N–C) groups is 1. The normalized spacial score (nSPS) is 50.6. The summed E-state index contributed by atoms with van der Waals surface area (Å²) in [5.41, 5.74) is 3.14. The highest BCUT2D eigenvalue weighted by Gasteiger charge is 2.49. The smallest absolute Gasteiger partial charge is 0.0608 e. The molecule has 1 aliphatic heterocycles. The summed E-state index contributed by atoms with van der Waals surface area (Å²) in [6.45, 7) is 8.87. The second-order valence-corrected chi connectivity index (χ2v) is 5.64. The Morgan fingerprint density at radius 1 is 1.43 bits per heavy atom. The highest BCUT2D eigenvalue weighted by atomic mass is 14.9. The molecule has 76 valence electrons. The van der Waals surface area contributed by atoms with Gasteiger partial charge < -0.3 is 0 Å². The molecule has 3 aliphatic rings. The molecule has 4 atom stereocenters. The van der Waals surface area contributed by atoms with Crippen molar-refractivity contribution in [1.29, 1.82) is 0 Å². The quantitative estimate of drug-likeness (QED) is 0.519. The van der Waals surface area contributed by atoms with Crippen molar-refractivity contribution >= 4 is 5.71 Å². The van der Waals surface area contributed by atoms with Crippen LogP contribution in [-0.2, 0) is 0 Å². The Labute approximate surface area is 86.3 Å². The maximum atomic E-state index is 4.96. The van der Waals surface area contributed by atoms with Gasteiger partial charge in [-0.25, -0.2) is 0 Å². The van der Waals surface area contributed by atoms with E-state index >= 15 is 0 Å². The Balaban J connectivity index is 2.12. The van der Waals surface area contributed by atoms with Crippen LogP contribution in [0.3, 0.4) is 0 Å². The predicted molar refractivity (Wildman–Crippen MR) is 59.6 cm³/mol. The van der Waals surface area contributed by atoms with Gasteiger partial charge in [0.2, 0.25) is 0 Å². The summed E-state index contributed by atoms with van der Waals surface area (Å²) in [4.78, 5) is 4.96. The van der Waals surface area contributed by atoms with Crippen LogP contribution >= 0.6 is 0 Å². The Morgan fingerprint density at radius 2 is 2.21 bits per heavy atom. The first-order valence-electron chi connectivity index (χ1n) is 5.85. The van der Waals surface area contributed by atoms with Gasteiger partial charge >= 0.3 is 0 Å². The first-order valence-corrected chi connectivity index (χ1v) is 5.85. The van der Waals surface area contributed by atoms with Crippen LogP contribution in [0.1, 0.15) is 39.5 Å². The van der Waals surface area contributed by atoms with E-state index in [1.165, 1.54) is 37.0 Å². The average Bonchev–Trinajstić information content (AvgIpc) is 2.14. The lowest BCUT2D eigenvalue weighted by Crippen LogP contribution is -2.49. The van der Waals surface area contributed by atoms with Crippen molar-refractivity contribution < 1.29 is 0 Å². The van der Waals surface area contributed by atoms with E-state index in [0.717, 1.165) is 11.8 Å². The van der Waals surface area contributed by atoms with Gasteiger partial charge in [-0.05, 0) is 51.4 Å². The van der Waals surface area contributed by atoms with Crippen molar-refractivity contribution in [2.24, 2.45) is 22.7 Å². The number of hydrogen-bond donors (Lipinski definition) is 0. The van der Waals surface area contributed by atoms with Crippen LogP contribution in [-0.4, -0.2) is 11.3 Å². The highest BCUT2D eigenvalue weighted by Crippen LogP contribution is 2.54. The molecule has 2 saturated carbocycles. The Kier molecular flexibility index (Phi) is 1.55. The van der Waals surface area contributed by atoms with Gasteiger partial charge in [-0.2, -0.15) is 0 Å². The molecule has 0 radical (unpaired) electrons. The summed E-state index contributed by atoms with van der Waals surface area (Å²) in [5.74, 6) is 2.30. The van der Waals surface area contributed by atoms with Crippen molar-refractivity contribution in [1.82, 2.24) is 0 Å². The lowest BCUT2D eigenvalue weighted by molar-refractivity contribution is 0.115. The zero-order valence-electron chi connectivity index (χ0n) is 9.21. The van der Waals surface area contributed by atoms with E-state index < -0.39 is 0 Å². The molecule has 3 bridgehead atoms. The van der Waals surface area contributed by atoms with Gasteiger partial charge in [-0.3, -0.25) is 4.99 Å². The van der Waals surface area contributed by atoms with Crippen molar-refractivity contribution in [3.05, 3.63) is 12.2 Å². The monoisotopic (exact) mass is 189 g/mol. The molecule has 3 rings (SSSR count). The SMILES string of the molecule is C=C1C2CCC3(C)N=C(C)C1CC3C2. The Morgan fingerprint density at radius 3 is 3.00 bits per heavy atom. The van der Waals surface area contributed by atoms with Crippen LogP contribution in [0.4, 0.5) is 0 Å². The number of hydrogen-bond acceptors (Lipinski definition) is 1. The van der Waals surface area contributed by atoms with E-state index in [4.69, 9.17) is 4.99 Å². The molecule has 1 heterocycles. The van der Waals surface area contributed by atoms with Crippen molar-refractivity contribution in [3.8, 4) is 0 Å². The lowest BCUT2D eigenvalue weighted by atomic mass is 9.56. The fourth-order valence-corrected chi connectivity index (χ4v) is 3.86. The van der Waals surface area contributed by atoms with Crippen LogP contribution in [0.2, 0.25) is 0 Å². The van der Waals surface area contributed by atoms with Gasteiger partial charge in [0.05, 0.1) is 5.54 Å². The molecule has 1 heteroatoms. The molecule has 0 aromatic rings. The minimum Gasteiger partial charge on any atom is -0.287 e. The highest BCUT2D eigenvalue weighted by molar-refractivity contribution is 5.88. The third kappa shape index (κ3) is 0.933. The summed E-state index contributed by atoms with van der Waals surface area (Å²) in [5, 5.41) is 0. The zero-order chi connectivity index (χ0) is 9.92. The van der Waals surface area contributed by atoms with E-state index in [0.29, 0.717) is 5.92 Å². The third-order valence-corrected chi connectivity index (χ3v) is 4.88. The lowest BCUT2D eigenvalue weighted by Gasteiger charge is -2.53. The molecule has 0 N–H and O–H groups in total. The van der Waals surface area contributed by atoms with Crippen molar-refractivity contribution in [2.45, 2.75) is 45.1 Å². The molecule has 0 aromatic carbocycles. The molecule has 4 unspecified atom stereocenters. The van der Waals surface area contributed by atoms with Crippen LogP contribution < -0.4 is 0 Å². The van der Waals surface area contributed by atoms with E-state index in [2.05, 4.69) is 20.4 Å². The number of nitrogens with zero attached hydrogens (tertiary/aromatic N) is 1. The first kappa shape index (κ1) is 8.70.